The monoisotopic (exact) mass is 121 g/mol. The summed E-state index contributed by atoms with van der Waals surface area (Å²) in [5, 5.41) is 0. The van der Waals surface area contributed by atoms with Crippen molar-refractivity contribution in [1.29, 1.82) is 0 Å². The highest BCUT2D eigenvalue weighted by Gasteiger charge is 2.90. The highest BCUT2D eigenvalue weighted by molar-refractivity contribution is 5.43. The van der Waals surface area contributed by atoms with Crippen LogP contribution in [0.2, 0.25) is 0 Å². The van der Waals surface area contributed by atoms with Crippen LogP contribution in [0.3, 0.4) is 0 Å². The fourth-order valence-electron chi connectivity index (χ4n) is 3.50. The van der Waals surface area contributed by atoms with Crippen LogP contribution < -0.4 is 0 Å². The van der Waals surface area contributed by atoms with Crippen molar-refractivity contribution in [1.82, 2.24) is 4.90 Å². The van der Waals surface area contributed by atoms with Gasteiger partial charge in [0.15, 0.2) is 0 Å². The largest absolute Gasteiger partial charge is 0.295 e. The van der Waals surface area contributed by atoms with Crippen molar-refractivity contribution in [3.8, 4) is 0 Å². The summed E-state index contributed by atoms with van der Waals surface area (Å²) in [6.45, 7) is 2.85. The summed E-state index contributed by atoms with van der Waals surface area (Å²) >= 11 is 0. The fraction of sp³-hybridized carbons (Fsp3) is 1.00. The quantitative estimate of drug-likeness (QED) is 0.465. The Kier molecular flexibility index (Phi) is 0.323. The van der Waals surface area contributed by atoms with E-state index in [2.05, 4.69) is 4.90 Å². The first kappa shape index (κ1) is 3.97. The lowest BCUT2D eigenvalue weighted by Gasteiger charge is -2.25. The summed E-state index contributed by atoms with van der Waals surface area (Å²) in [5.41, 5.74) is 1.81. The van der Waals surface area contributed by atoms with Crippen LogP contribution in [0, 0.1) is 11.3 Å². The molecular weight excluding hydrogens is 110 g/mol. The molecule has 4 fully saturated rings. The minimum Gasteiger partial charge on any atom is -0.295 e. The molecule has 1 spiro atoms. The number of hydrogen-bond donors (Lipinski definition) is 0. The molecule has 1 aliphatic heterocycles. The zero-order chi connectivity index (χ0) is 5.69. The Morgan fingerprint density at radius 3 is 2.44 bits per heavy atom. The molecule has 3 unspecified atom stereocenters. The normalized spacial score (nSPS) is 74.0. The predicted octanol–water partition coefficient (Wildman–Crippen LogP) is 0.854. The van der Waals surface area contributed by atoms with Gasteiger partial charge in [-0.2, -0.15) is 0 Å². The van der Waals surface area contributed by atoms with Gasteiger partial charge in [0.2, 0.25) is 0 Å². The van der Waals surface area contributed by atoms with Crippen molar-refractivity contribution in [3.63, 3.8) is 0 Å². The lowest BCUT2D eigenvalue weighted by atomic mass is 9.93. The van der Waals surface area contributed by atoms with E-state index in [-0.39, 0.29) is 0 Å². The molecule has 0 aromatic rings. The average Bonchev–Trinajstić information content (AvgIpc) is 2.71. The van der Waals surface area contributed by atoms with Crippen molar-refractivity contribution in [2.45, 2.75) is 24.8 Å². The van der Waals surface area contributed by atoms with Gasteiger partial charge in [0.05, 0.1) is 0 Å². The zero-order valence-corrected chi connectivity index (χ0v) is 5.56. The van der Waals surface area contributed by atoms with Crippen LogP contribution in [0.15, 0.2) is 0 Å². The van der Waals surface area contributed by atoms with Gasteiger partial charge in [-0.1, -0.05) is 0 Å². The molecular formula is C8H11N. The van der Waals surface area contributed by atoms with Crippen molar-refractivity contribution < 1.29 is 0 Å². The molecule has 1 heterocycles. The molecule has 0 radical (unpaired) electrons. The molecule has 1 nitrogen and oxygen atoms in total. The van der Waals surface area contributed by atoms with Gasteiger partial charge in [-0.3, -0.25) is 4.90 Å². The second kappa shape index (κ2) is 0.731. The first-order valence-corrected chi connectivity index (χ1v) is 4.13. The molecule has 48 valence electrons. The van der Waals surface area contributed by atoms with E-state index < -0.39 is 0 Å². The van der Waals surface area contributed by atoms with Crippen LogP contribution in [-0.2, 0) is 0 Å². The predicted molar refractivity (Wildman–Crippen MR) is 34.1 cm³/mol. The third kappa shape index (κ3) is 0.219. The Balaban J connectivity index is 1.83. The third-order valence-electron chi connectivity index (χ3n) is 4.28. The fourth-order valence-corrected chi connectivity index (χ4v) is 3.50. The standard InChI is InChI=1S/C8H11N/c1-2-9(1)8-4-6-3-7(6,8)5-8/h6H,1-5H2. The van der Waals surface area contributed by atoms with Crippen LogP contribution in [-0.4, -0.2) is 23.5 Å². The van der Waals surface area contributed by atoms with Gasteiger partial charge in [0.1, 0.15) is 0 Å². The Hall–Kier alpha value is -0.0400. The molecule has 1 heteroatoms. The lowest BCUT2D eigenvalue weighted by Crippen LogP contribution is -2.31. The number of nitrogens with zero attached hydrogens (tertiary/aromatic N) is 1. The van der Waals surface area contributed by atoms with Crippen LogP contribution >= 0.6 is 0 Å². The van der Waals surface area contributed by atoms with Gasteiger partial charge in [-0.05, 0) is 30.6 Å². The SMILES string of the molecule is C1CN1C12CC3CC31C2. The minimum atomic E-state index is 0.845. The highest BCUT2D eigenvalue weighted by atomic mass is 15.4. The van der Waals surface area contributed by atoms with E-state index in [9.17, 15) is 0 Å². The van der Waals surface area contributed by atoms with Gasteiger partial charge >= 0.3 is 0 Å². The highest BCUT2D eigenvalue weighted by Crippen LogP contribution is 2.91. The van der Waals surface area contributed by atoms with Crippen molar-refractivity contribution in [2.24, 2.45) is 11.3 Å². The summed E-state index contributed by atoms with van der Waals surface area (Å²) in [5.74, 6) is 1.21. The van der Waals surface area contributed by atoms with Crippen molar-refractivity contribution in [2.75, 3.05) is 13.1 Å². The van der Waals surface area contributed by atoms with Crippen LogP contribution in [0.1, 0.15) is 19.3 Å². The molecule has 0 aromatic heterocycles. The molecule has 3 atom stereocenters. The summed E-state index contributed by atoms with van der Waals surface area (Å²) in [4.78, 5) is 2.70. The van der Waals surface area contributed by atoms with Gasteiger partial charge in [-0.25, -0.2) is 0 Å². The molecule has 0 amide bonds. The topological polar surface area (TPSA) is 3.01 Å². The summed E-state index contributed by atoms with van der Waals surface area (Å²) in [7, 11) is 0. The smallest absolute Gasteiger partial charge is 0.0279 e. The number of hydrogen-bond acceptors (Lipinski definition) is 1. The van der Waals surface area contributed by atoms with E-state index in [0.29, 0.717) is 0 Å². The summed E-state index contributed by atoms with van der Waals surface area (Å²) in [6.07, 6.45) is 4.77. The van der Waals surface area contributed by atoms with Crippen molar-refractivity contribution in [3.05, 3.63) is 0 Å². The van der Waals surface area contributed by atoms with E-state index in [1.165, 1.54) is 19.0 Å². The molecule has 0 aromatic carbocycles. The number of rotatable bonds is 1. The summed E-state index contributed by atoms with van der Waals surface area (Å²) in [6, 6.07) is 0. The molecule has 4 aliphatic rings. The lowest BCUT2D eigenvalue weighted by molar-refractivity contribution is 0.232. The maximum Gasteiger partial charge on any atom is 0.0279 e. The Bertz CT molecular complexity index is 205. The maximum atomic E-state index is 2.70. The third-order valence-corrected chi connectivity index (χ3v) is 4.28. The average molecular weight is 121 g/mol. The van der Waals surface area contributed by atoms with Crippen LogP contribution in [0.25, 0.3) is 0 Å². The van der Waals surface area contributed by atoms with E-state index >= 15 is 0 Å². The molecule has 9 heavy (non-hydrogen) atoms. The van der Waals surface area contributed by atoms with E-state index in [1.54, 1.807) is 19.3 Å². The first-order valence-electron chi connectivity index (χ1n) is 4.13. The van der Waals surface area contributed by atoms with Gasteiger partial charge in [-0.15, -0.1) is 0 Å². The van der Waals surface area contributed by atoms with E-state index in [4.69, 9.17) is 0 Å². The maximum absolute atomic E-state index is 2.70. The Morgan fingerprint density at radius 2 is 2.11 bits per heavy atom. The van der Waals surface area contributed by atoms with Gasteiger partial charge < -0.3 is 0 Å². The molecule has 3 aliphatic carbocycles. The van der Waals surface area contributed by atoms with Crippen molar-refractivity contribution >= 4 is 0 Å². The molecule has 0 N–H and O–H groups in total. The second-order valence-corrected chi connectivity index (χ2v) is 4.46. The Morgan fingerprint density at radius 1 is 1.22 bits per heavy atom. The zero-order valence-electron chi connectivity index (χ0n) is 5.56. The van der Waals surface area contributed by atoms with Gasteiger partial charge in [0.25, 0.3) is 0 Å². The molecule has 0 bridgehead atoms. The summed E-state index contributed by atoms with van der Waals surface area (Å²) < 4.78 is 0. The molecule has 1 saturated heterocycles. The van der Waals surface area contributed by atoms with Gasteiger partial charge in [0, 0.05) is 18.6 Å². The van der Waals surface area contributed by atoms with E-state index in [1.807, 2.05) is 0 Å². The van der Waals surface area contributed by atoms with Crippen LogP contribution in [0.5, 0.6) is 0 Å². The second-order valence-electron chi connectivity index (χ2n) is 4.46. The van der Waals surface area contributed by atoms with Crippen LogP contribution in [0.4, 0.5) is 0 Å². The van der Waals surface area contributed by atoms with E-state index in [0.717, 1.165) is 11.0 Å². The minimum absolute atomic E-state index is 0.845. The molecule has 3 saturated carbocycles. The first-order chi connectivity index (χ1) is 4.37. The molecule has 4 rings (SSSR count). The Labute approximate surface area is 55.0 Å².